The normalized spacial score (nSPS) is 12.5. The molecule has 3 nitrogen and oxygen atoms in total. The second-order valence-electron chi connectivity index (χ2n) is 3.62. The Hall–Kier alpha value is -0.570. The van der Waals surface area contributed by atoms with E-state index in [1.165, 1.54) is 0 Å². The van der Waals surface area contributed by atoms with Crippen LogP contribution in [0.5, 0.6) is 0 Å². The van der Waals surface area contributed by atoms with Gasteiger partial charge in [0.25, 0.3) is 0 Å². The maximum Gasteiger partial charge on any atom is 0.308 e. The lowest BCUT2D eigenvalue weighted by molar-refractivity contribution is -0.148. The van der Waals surface area contributed by atoms with E-state index in [4.69, 9.17) is 4.74 Å². The largest absolute Gasteiger partial charge is 0.465 e. The summed E-state index contributed by atoms with van der Waals surface area (Å²) in [6, 6.07) is 0. The molecule has 0 saturated carbocycles. The molecule has 0 heterocycles. The zero-order chi connectivity index (χ0) is 10.8. The molecule has 14 heavy (non-hydrogen) atoms. The molecule has 0 rings (SSSR count). The molecular weight excluding hydrogens is 180 g/mol. The molecule has 1 atom stereocenters. The summed E-state index contributed by atoms with van der Waals surface area (Å²) in [5.41, 5.74) is 0. The summed E-state index contributed by atoms with van der Waals surface area (Å²) < 4.78 is 5.06. The van der Waals surface area contributed by atoms with Gasteiger partial charge < -0.3 is 4.74 Å². The maximum atomic E-state index is 11.3. The van der Waals surface area contributed by atoms with E-state index in [9.17, 15) is 9.90 Å². The topological polar surface area (TPSA) is 46.2 Å². The summed E-state index contributed by atoms with van der Waals surface area (Å²) in [5.74, 6) is -0.0894. The van der Waals surface area contributed by atoms with Crippen LogP contribution in [0.1, 0.15) is 46.0 Å². The Kier molecular flexibility index (Phi) is 8.64. The molecule has 1 unspecified atom stereocenters. The lowest BCUT2D eigenvalue weighted by Crippen LogP contribution is -2.15. The van der Waals surface area contributed by atoms with Crippen LogP contribution < -0.4 is 0 Å². The van der Waals surface area contributed by atoms with E-state index < -0.39 is 0 Å². The lowest BCUT2D eigenvalue weighted by atomic mass is 10.1. The van der Waals surface area contributed by atoms with E-state index >= 15 is 0 Å². The van der Waals surface area contributed by atoms with E-state index in [0.29, 0.717) is 13.0 Å². The van der Waals surface area contributed by atoms with Crippen molar-refractivity contribution in [3.05, 3.63) is 0 Å². The Bertz CT molecular complexity index is 145. The molecule has 0 N–H and O–H groups in total. The summed E-state index contributed by atoms with van der Waals surface area (Å²) in [5, 5.41) is 10.1. The lowest BCUT2D eigenvalue weighted by Gasteiger charge is -2.09. The molecule has 0 saturated heterocycles. The van der Waals surface area contributed by atoms with Crippen LogP contribution in [0.25, 0.3) is 0 Å². The van der Waals surface area contributed by atoms with Gasteiger partial charge in [0.1, 0.15) is 0 Å². The van der Waals surface area contributed by atoms with Gasteiger partial charge in [-0.2, -0.15) is 0 Å². The zero-order valence-corrected chi connectivity index (χ0v) is 9.25. The van der Waals surface area contributed by atoms with Crippen molar-refractivity contribution < 1.29 is 14.6 Å². The Labute approximate surface area is 86.5 Å². The highest BCUT2D eigenvalue weighted by Crippen LogP contribution is 2.07. The fraction of sp³-hybridized carbons (Fsp3) is 0.909. The smallest absolute Gasteiger partial charge is 0.308 e. The molecule has 0 aromatic heterocycles. The van der Waals surface area contributed by atoms with Crippen LogP contribution in [0.15, 0.2) is 0 Å². The van der Waals surface area contributed by atoms with Crippen molar-refractivity contribution in [1.29, 1.82) is 0 Å². The minimum Gasteiger partial charge on any atom is -0.465 e. The van der Waals surface area contributed by atoms with Crippen LogP contribution in [0, 0.1) is 5.92 Å². The van der Waals surface area contributed by atoms with Crippen molar-refractivity contribution in [3.8, 4) is 0 Å². The molecule has 0 aromatic carbocycles. The quantitative estimate of drug-likeness (QED) is 0.447. The SMILES string of the molecule is CCCC(C)C(=O)OCCCCC[O]. The Balaban J connectivity index is 3.34. The standard InChI is InChI=1S/C11H21O3/c1-3-7-10(2)11(13)14-9-6-4-5-8-12/h10H,3-9H2,1-2H3. The van der Waals surface area contributed by atoms with Crippen molar-refractivity contribution in [2.24, 2.45) is 5.92 Å². The second kappa shape index (κ2) is 9.00. The Morgan fingerprint density at radius 2 is 2.00 bits per heavy atom. The molecule has 0 spiro atoms. The number of rotatable bonds is 8. The van der Waals surface area contributed by atoms with Gasteiger partial charge in [-0.3, -0.25) is 4.79 Å². The maximum absolute atomic E-state index is 11.3. The molecule has 0 fully saturated rings. The fourth-order valence-corrected chi connectivity index (χ4v) is 1.25. The van der Waals surface area contributed by atoms with Crippen molar-refractivity contribution in [2.75, 3.05) is 13.2 Å². The summed E-state index contributed by atoms with van der Waals surface area (Å²) in [4.78, 5) is 11.3. The number of hydrogen-bond donors (Lipinski definition) is 0. The van der Waals surface area contributed by atoms with Crippen LogP contribution in [0.4, 0.5) is 0 Å². The number of esters is 1. The molecule has 0 amide bonds. The summed E-state index contributed by atoms with van der Waals surface area (Å²) >= 11 is 0. The van der Waals surface area contributed by atoms with Gasteiger partial charge in [-0.15, -0.1) is 0 Å². The molecule has 0 aromatic rings. The highest BCUT2D eigenvalue weighted by atomic mass is 16.5. The molecule has 0 aliphatic carbocycles. The third-order valence-electron chi connectivity index (χ3n) is 2.16. The van der Waals surface area contributed by atoms with Crippen LogP contribution in [0.3, 0.4) is 0 Å². The van der Waals surface area contributed by atoms with Gasteiger partial charge in [-0.1, -0.05) is 20.3 Å². The monoisotopic (exact) mass is 201 g/mol. The molecule has 83 valence electrons. The average Bonchev–Trinajstić information content (AvgIpc) is 2.17. The first-order valence-corrected chi connectivity index (χ1v) is 5.47. The molecule has 0 bridgehead atoms. The van der Waals surface area contributed by atoms with Gasteiger partial charge >= 0.3 is 5.97 Å². The Morgan fingerprint density at radius 3 is 2.57 bits per heavy atom. The molecule has 0 aliphatic heterocycles. The number of carbonyl (C=O) groups excluding carboxylic acids is 1. The van der Waals surface area contributed by atoms with E-state index in [2.05, 4.69) is 6.92 Å². The average molecular weight is 201 g/mol. The molecule has 1 radical (unpaired) electrons. The number of hydrogen-bond acceptors (Lipinski definition) is 2. The van der Waals surface area contributed by atoms with E-state index in [1.807, 2.05) is 6.92 Å². The highest BCUT2D eigenvalue weighted by molar-refractivity contribution is 5.71. The molecular formula is C11H21O3. The first kappa shape index (κ1) is 13.4. The van der Waals surface area contributed by atoms with Gasteiger partial charge in [-0.05, 0) is 25.7 Å². The van der Waals surface area contributed by atoms with Crippen LogP contribution >= 0.6 is 0 Å². The second-order valence-corrected chi connectivity index (χ2v) is 3.62. The van der Waals surface area contributed by atoms with Gasteiger partial charge in [0, 0.05) is 0 Å². The Morgan fingerprint density at radius 1 is 1.29 bits per heavy atom. The van der Waals surface area contributed by atoms with Crippen molar-refractivity contribution in [1.82, 2.24) is 0 Å². The highest BCUT2D eigenvalue weighted by Gasteiger charge is 2.12. The van der Waals surface area contributed by atoms with Crippen LogP contribution in [-0.4, -0.2) is 19.2 Å². The molecule has 3 heteroatoms. The third kappa shape index (κ3) is 6.89. The van der Waals surface area contributed by atoms with Crippen molar-refractivity contribution >= 4 is 5.97 Å². The van der Waals surface area contributed by atoms with Crippen LogP contribution in [0.2, 0.25) is 0 Å². The van der Waals surface area contributed by atoms with E-state index in [1.54, 1.807) is 0 Å². The van der Waals surface area contributed by atoms with Crippen molar-refractivity contribution in [2.45, 2.75) is 46.0 Å². The predicted octanol–water partition coefficient (Wildman–Crippen LogP) is 2.57. The van der Waals surface area contributed by atoms with E-state index in [-0.39, 0.29) is 18.5 Å². The minimum atomic E-state index is -0.103. The summed E-state index contributed by atoms with van der Waals surface area (Å²) in [7, 11) is 0. The summed E-state index contributed by atoms with van der Waals surface area (Å²) in [6.07, 6.45) is 4.25. The fourth-order valence-electron chi connectivity index (χ4n) is 1.25. The van der Waals surface area contributed by atoms with Gasteiger partial charge in [0.05, 0.1) is 19.1 Å². The number of ether oxygens (including phenoxy) is 1. The van der Waals surface area contributed by atoms with Gasteiger partial charge in [0.15, 0.2) is 0 Å². The minimum absolute atomic E-state index is 0.0134. The summed E-state index contributed by atoms with van der Waals surface area (Å²) in [6.45, 7) is 4.38. The van der Waals surface area contributed by atoms with Gasteiger partial charge in [-0.25, -0.2) is 5.11 Å². The van der Waals surface area contributed by atoms with Crippen LogP contribution in [-0.2, 0) is 14.6 Å². The number of unbranched alkanes of at least 4 members (excludes halogenated alkanes) is 2. The first-order valence-electron chi connectivity index (χ1n) is 5.47. The van der Waals surface area contributed by atoms with E-state index in [0.717, 1.165) is 25.7 Å². The predicted molar refractivity (Wildman–Crippen MR) is 54.4 cm³/mol. The van der Waals surface area contributed by atoms with Gasteiger partial charge in [0.2, 0.25) is 0 Å². The van der Waals surface area contributed by atoms with Crippen molar-refractivity contribution in [3.63, 3.8) is 0 Å². The molecule has 0 aliphatic rings. The first-order chi connectivity index (χ1) is 6.72. The number of carbonyl (C=O) groups is 1. The zero-order valence-electron chi connectivity index (χ0n) is 9.25. The third-order valence-corrected chi connectivity index (χ3v) is 2.16.